The number of amides is 2. The van der Waals surface area contributed by atoms with Crippen LogP contribution in [-0.4, -0.2) is 25.5 Å². The van der Waals surface area contributed by atoms with Gasteiger partial charge in [0.2, 0.25) is 11.8 Å². The van der Waals surface area contributed by atoms with E-state index in [-0.39, 0.29) is 11.8 Å². The Bertz CT molecular complexity index is 696. The molecular formula is C19H22N2O4. The monoisotopic (exact) mass is 342 g/mol. The van der Waals surface area contributed by atoms with Gasteiger partial charge in [0, 0.05) is 24.7 Å². The molecule has 132 valence electrons. The van der Waals surface area contributed by atoms with Gasteiger partial charge in [-0.3, -0.25) is 9.59 Å². The molecule has 0 atom stereocenters. The van der Waals surface area contributed by atoms with Crippen LogP contribution in [0.3, 0.4) is 0 Å². The van der Waals surface area contributed by atoms with Gasteiger partial charge < -0.3 is 20.1 Å². The minimum atomic E-state index is -0.131. The minimum absolute atomic E-state index is 0.0781. The van der Waals surface area contributed by atoms with Crippen molar-refractivity contribution in [2.45, 2.75) is 19.8 Å². The summed E-state index contributed by atoms with van der Waals surface area (Å²) in [6.07, 6.45) is 0.978. The van der Waals surface area contributed by atoms with Crippen molar-refractivity contribution in [2.75, 3.05) is 24.4 Å². The molecule has 0 aliphatic rings. The fraction of sp³-hybridized carbons (Fsp3) is 0.263. The summed E-state index contributed by atoms with van der Waals surface area (Å²) in [5, 5.41) is 5.49. The van der Waals surface area contributed by atoms with Gasteiger partial charge >= 0.3 is 0 Å². The van der Waals surface area contributed by atoms with Gasteiger partial charge in [-0.2, -0.15) is 0 Å². The largest absolute Gasteiger partial charge is 0.497 e. The van der Waals surface area contributed by atoms with Crippen LogP contribution in [0.2, 0.25) is 0 Å². The second-order valence-corrected chi connectivity index (χ2v) is 5.43. The number of rotatable bonds is 8. The molecule has 0 bridgehead atoms. The van der Waals surface area contributed by atoms with E-state index in [1.54, 1.807) is 31.4 Å². The van der Waals surface area contributed by atoms with Crippen LogP contribution in [0.15, 0.2) is 48.5 Å². The van der Waals surface area contributed by atoms with Crippen molar-refractivity contribution >= 4 is 23.2 Å². The zero-order valence-electron chi connectivity index (χ0n) is 14.4. The van der Waals surface area contributed by atoms with E-state index in [2.05, 4.69) is 10.6 Å². The first-order valence-electron chi connectivity index (χ1n) is 8.01. The molecule has 0 saturated heterocycles. The number of anilines is 2. The van der Waals surface area contributed by atoms with E-state index in [0.717, 1.165) is 11.5 Å². The Balaban J connectivity index is 1.68. The number of carbonyl (C=O) groups excluding carboxylic acids is 2. The first kappa shape index (κ1) is 18.3. The molecule has 25 heavy (non-hydrogen) atoms. The van der Waals surface area contributed by atoms with Crippen molar-refractivity contribution in [1.29, 1.82) is 0 Å². The van der Waals surface area contributed by atoms with Crippen LogP contribution in [0.4, 0.5) is 11.4 Å². The van der Waals surface area contributed by atoms with Crippen LogP contribution in [0.25, 0.3) is 0 Å². The SMILES string of the molecule is COc1ccc(OCCCC(=O)Nc2ccc(NC(C)=O)cc2)cc1. The molecular weight excluding hydrogens is 320 g/mol. The van der Waals surface area contributed by atoms with Crippen LogP contribution < -0.4 is 20.1 Å². The maximum atomic E-state index is 11.9. The number of carbonyl (C=O) groups is 2. The molecule has 0 radical (unpaired) electrons. The zero-order valence-corrected chi connectivity index (χ0v) is 14.4. The number of hydrogen-bond acceptors (Lipinski definition) is 4. The van der Waals surface area contributed by atoms with Gasteiger partial charge in [0.15, 0.2) is 0 Å². The fourth-order valence-corrected chi connectivity index (χ4v) is 2.16. The van der Waals surface area contributed by atoms with E-state index >= 15 is 0 Å². The van der Waals surface area contributed by atoms with Gasteiger partial charge in [0.1, 0.15) is 11.5 Å². The van der Waals surface area contributed by atoms with Crippen molar-refractivity contribution in [3.8, 4) is 11.5 Å². The molecule has 2 aromatic carbocycles. The van der Waals surface area contributed by atoms with Gasteiger partial charge in [-0.15, -0.1) is 0 Å². The molecule has 2 amide bonds. The summed E-state index contributed by atoms with van der Waals surface area (Å²) in [7, 11) is 1.61. The highest BCUT2D eigenvalue weighted by molar-refractivity contribution is 5.92. The van der Waals surface area contributed by atoms with Gasteiger partial charge in [-0.05, 0) is 55.0 Å². The van der Waals surface area contributed by atoms with Crippen LogP contribution >= 0.6 is 0 Å². The quantitative estimate of drug-likeness (QED) is 0.721. The predicted octanol–water partition coefficient (Wildman–Crippen LogP) is 3.45. The number of benzene rings is 2. The minimum Gasteiger partial charge on any atom is -0.497 e. The number of hydrogen-bond donors (Lipinski definition) is 2. The molecule has 2 N–H and O–H groups in total. The van der Waals surface area contributed by atoms with Gasteiger partial charge in [0.05, 0.1) is 13.7 Å². The summed E-state index contributed by atoms with van der Waals surface area (Å²) in [5.41, 5.74) is 1.38. The lowest BCUT2D eigenvalue weighted by atomic mass is 10.2. The number of nitrogens with one attached hydrogen (secondary N) is 2. The van der Waals surface area contributed by atoms with Crippen LogP contribution in [0.5, 0.6) is 11.5 Å². The Labute approximate surface area is 147 Å². The number of methoxy groups -OCH3 is 1. The summed E-state index contributed by atoms with van der Waals surface area (Å²) >= 11 is 0. The molecule has 0 saturated carbocycles. The summed E-state index contributed by atoms with van der Waals surface area (Å²) in [6, 6.07) is 14.3. The first-order chi connectivity index (χ1) is 12.1. The molecule has 0 aliphatic heterocycles. The second kappa shape index (κ2) is 9.32. The van der Waals surface area contributed by atoms with Crippen molar-refractivity contribution in [3.05, 3.63) is 48.5 Å². The highest BCUT2D eigenvalue weighted by atomic mass is 16.5. The smallest absolute Gasteiger partial charge is 0.224 e. The molecule has 0 spiro atoms. The third-order valence-electron chi connectivity index (χ3n) is 3.37. The molecule has 0 unspecified atom stereocenters. The van der Waals surface area contributed by atoms with Gasteiger partial charge in [-0.25, -0.2) is 0 Å². The van der Waals surface area contributed by atoms with Crippen molar-refractivity contribution < 1.29 is 19.1 Å². The maximum Gasteiger partial charge on any atom is 0.224 e. The Morgan fingerprint density at radius 1 is 0.880 bits per heavy atom. The summed E-state index contributed by atoms with van der Waals surface area (Å²) in [5.74, 6) is 1.31. The second-order valence-electron chi connectivity index (χ2n) is 5.43. The van der Waals surface area contributed by atoms with E-state index in [1.807, 2.05) is 24.3 Å². The first-order valence-corrected chi connectivity index (χ1v) is 8.01. The van der Waals surface area contributed by atoms with Crippen molar-refractivity contribution in [1.82, 2.24) is 0 Å². The van der Waals surface area contributed by atoms with E-state index in [0.29, 0.717) is 30.8 Å². The third-order valence-corrected chi connectivity index (χ3v) is 3.37. The summed E-state index contributed by atoms with van der Waals surface area (Å²) in [4.78, 5) is 22.9. The van der Waals surface area contributed by atoms with E-state index in [4.69, 9.17) is 9.47 Å². The fourth-order valence-electron chi connectivity index (χ4n) is 2.16. The summed E-state index contributed by atoms with van der Waals surface area (Å²) < 4.78 is 10.7. The van der Waals surface area contributed by atoms with Crippen molar-refractivity contribution in [3.63, 3.8) is 0 Å². The molecule has 0 aromatic heterocycles. The zero-order chi connectivity index (χ0) is 18.1. The molecule has 0 fully saturated rings. The van der Waals surface area contributed by atoms with Crippen LogP contribution in [0, 0.1) is 0 Å². The lowest BCUT2D eigenvalue weighted by molar-refractivity contribution is -0.116. The summed E-state index contributed by atoms with van der Waals surface area (Å²) in [6.45, 7) is 1.91. The van der Waals surface area contributed by atoms with Crippen molar-refractivity contribution in [2.24, 2.45) is 0 Å². The molecule has 0 heterocycles. The highest BCUT2D eigenvalue weighted by Gasteiger charge is 2.04. The Morgan fingerprint density at radius 2 is 1.44 bits per heavy atom. The third kappa shape index (κ3) is 6.55. The average Bonchev–Trinajstić information content (AvgIpc) is 2.60. The molecule has 2 rings (SSSR count). The Morgan fingerprint density at radius 3 is 2.00 bits per heavy atom. The standard InChI is InChI=1S/C19H22N2O4/c1-14(22)20-15-5-7-16(8-6-15)21-19(23)4-3-13-25-18-11-9-17(24-2)10-12-18/h5-12H,3-4,13H2,1-2H3,(H,20,22)(H,21,23). The molecule has 0 aliphatic carbocycles. The molecule has 6 heteroatoms. The van der Waals surface area contributed by atoms with E-state index in [1.165, 1.54) is 6.92 Å². The van der Waals surface area contributed by atoms with E-state index < -0.39 is 0 Å². The van der Waals surface area contributed by atoms with Gasteiger partial charge in [0.25, 0.3) is 0 Å². The topological polar surface area (TPSA) is 76.7 Å². The van der Waals surface area contributed by atoms with Crippen LogP contribution in [-0.2, 0) is 9.59 Å². The Kier molecular flexibility index (Phi) is 6.83. The maximum absolute atomic E-state index is 11.9. The molecule has 2 aromatic rings. The van der Waals surface area contributed by atoms with E-state index in [9.17, 15) is 9.59 Å². The predicted molar refractivity (Wildman–Crippen MR) is 97.1 cm³/mol. The lowest BCUT2D eigenvalue weighted by Crippen LogP contribution is -2.13. The number of ether oxygens (including phenoxy) is 2. The molecule has 6 nitrogen and oxygen atoms in total. The lowest BCUT2D eigenvalue weighted by Gasteiger charge is -2.08. The highest BCUT2D eigenvalue weighted by Crippen LogP contribution is 2.17. The van der Waals surface area contributed by atoms with Crippen LogP contribution in [0.1, 0.15) is 19.8 Å². The van der Waals surface area contributed by atoms with Gasteiger partial charge in [-0.1, -0.05) is 0 Å². The Hall–Kier alpha value is -3.02. The normalized spacial score (nSPS) is 10.0. The average molecular weight is 342 g/mol.